The molecule has 1 aromatic carbocycles. The van der Waals surface area contributed by atoms with Crippen molar-refractivity contribution in [3.05, 3.63) is 50.2 Å². The second-order valence-corrected chi connectivity index (χ2v) is 5.98. The molecule has 0 saturated heterocycles. The third kappa shape index (κ3) is 4.45. The monoisotopic (exact) mass is 350 g/mol. The van der Waals surface area contributed by atoms with E-state index in [0.717, 1.165) is 4.88 Å². The van der Waals surface area contributed by atoms with E-state index in [1.807, 2.05) is 17.5 Å². The molecule has 0 aliphatic rings. The molecule has 1 heterocycles. The lowest BCUT2D eigenvalue weighted by Gasteiger charge is -2.11. The minimum Gasteiger partial charge on any atom is -0.493 e. The highest BCUT2D eigenvalue weighted by Gasteiger charge is 2.19. The Morgan fingerprint density at radius 1 is 1.29 bits per heavy atom. The van der Waals surface area contributed by atoms with Crippen LogP contribution in [0.3, 0.4) is 0 Å². The lowest BCUT2D eigenvalue weighted by atomic mass is 10.1. The Morgan fingerprint density at radius 3 is 2.58 bits per heavy atom. The molecule has 0 fully saturated rings. The molecule has 0 aliphatic carbocycles. The van der Waals surface area contributed by atoms with E-state index in [9.17, 15) is 14.9 Å². The van der Waals surface area contributed by atoms with Crippen molar-refractivity contribution in [1.29, 1.82) is 0 Å². The summed E-state index contributed by atoms with van der Waals surface area (Å²) in [5.74, 6) is 0.610. The summed E-state index contributed by atoms with van der Waals surface area (Å²) in [7, 11) is 2.89. The number of carbonyl (C=O) groups excluding carboxylic acids is 1. The molecule has 128 valence electrons. The second-order valence-electron chi connectivity index (χ2n) is 4.95. The number of thiophene rings is 1. The summed E-state index contributed by atoms with van der Waals surface area (Å²) in [4.78, 5) is 23.6. The summed E-state index contributed by atoms with van der Waals surface area (Å²) in [6, 6.07) is 6.69. The average molecular weight is 350 g/mol. The molecule has 2 rings (SSSR count). The van der Waals surface area contributed by atoms with Gasteiger partial charge in [-0.15, -0.1) is 11.3 Å². The maximum atomic E-state index is 11.9. The van der Waals surface area contributed by atoms with Gasteiger partial charge in [0.05, 0.1) is 31.6 Å². The number of nitrogens with one attached hydrogen (secondary N) is 1. The minimum atomic E-state index is -0.467. The van der Waals surface area contributed by atoms with Crippen LogP contribution in [0.25, 0.3) is 0 Å². The van der Waals surface area contributed by atoms with Crippen molar-refractivity contribution in [2.24, 2.45) is 0 Å². The van der Waals surface area contributed by atoms with E-state index in [0.29, 0.717) is 36.4 Å². The summed E-state index contributed by atoms with van der Waals surface area (Å²) in [5.41, 5.74) is 0.425. The van der Waals surface area contributed by atoms with Crippen molar-refractivity contribution in [3.63, 3.8) is 0 Å². The lowest BCUT2D eigenvalue weighted by molar-refractivity contribution is -0.385. The molecule has 1 N–H and O–H groups in total. The summed E-state index contributed by atoms with van der Waals surface area (Å²) in [6.07, 6.45) is 0.637. The van der Waals surface area contributed by atoms with Crippen LogP contribution in [0.5, 0.6) is 11.5 Å². The number of nitro benzene ring substituents is 1. The fourth-order valence-electron chi connectivity index (χ4n) is 2.25. The van der Waals surface area contributed by atoms with Crippen LogP contribution in [-0.4, -0.2) is 31.6 Å². The van der Waals surface area contributed by atoms with E-state index in [1.54, 1.807) is 6.07 Å². The van der Waals surface area contributed by atoms with Gasteiger partial charge in [-0.1, -0.05) is 6.07 Å². The van der Waals surface area contributed by atoms with Gasteiger partial charge in [0.15, 0.2) is 11.5 Å². The largest absolute Gasteiger partial charge is 0.493 e. The molecule has 7 nitrogen and oxygen atoms in total. The predicted octanol–water partition coefficient (Wildman–Crippen LogP) is 2.57. The maximum Gasteiger partial charge on any atom is 0.276 e. The quantitative estimate of drug-likeness (QED) is 0.584. The third-order valence-corrected chi connectivity index (χ3v) is 4.29. The number of hydrogen-bond acceptors (Lipinski definition) is 6. The number of benzene rings is 1. The van der Waals surface area contributed by atoms with E-state index >= 15 is 0 Å². The van der Waals surface area contributed by atoms with Crippen molar-refractivity contribution >= 4 is 22.9 Å². The lowest BCUT2D eigenvalue weighted by Crippen LogP contribution is -2.27. The highest BCUT2D eigenvalue weighted by atomic mass is 32.1. The first-order valence-electron chi connectivity index (χ1n) is 7.23. The molecule has 2 aromatic rings. The summed E-state index contributed by atoms with van der Waals surface area (Å²) >= 11 is 1.52. The Kier molecular flexibility index (Phi) is 6.14. The van der Waals surface area contributed by atoms with E-state index in [1.165, 1.54) is 31.6 Å². The topological polar surface area (TPSA) is 90.7 Å². The number of nitro groups is 1. The van der Waals surface area contributed by atoms with Crippen LogP contribution in [0.4, 0.5) is 5.69 Å². The first-order chi connectivity index (χ1) is 11.5. The van der Waals surface area contributed by atoms with Gasteiger partial charge < -0.3 is 14.8 Å². The Hall–Kier alpha value is -2.61. The van der Waals surface area contributed by atoms with E-state index < -0.39 is 4.92 Å². The molecular formula is C16H18N2O5S. The van der Waals surface area contributed by atoms with Gasteiger partial charge in [0.25, 0.3) is 5.69 Å². The second kappa shape index (κ2) is 8.30. The van der Waals surface area contributed by atoms with Gasteiger partial charge in [-0.25, -0.2) is 0 Å². The number of carbonyl (C=O) groups is 1. The van der Waals surface area contributed by atoms with Gasteiger partial charge in [-0.05, 0) is 23.9 Å². The highest BCUT2D eigenvalue weighted by molar-refractivity contribution is 7.10. The zero-order valence-electron chi connectivity index (χ0n) is 13.4. The number of rotatable bonds is 8. The van der Waals surface area contributed by atoms with Crippen LogP contribution in [0.2, 0.25) is 0 Å². The number of ether oxygens (including phenoxy) is 2. The number of hydrogen-bond donors (Lipinski definition) is 1. The number of methoxy groups -OCH3 is 2. The molecule has 1 aromatic heterocycles. The van der Waals surface area contributed by atoms with Crippen molar-refractivity contribution in [2.45, 2.75) is 12.8 Å². The van der Waals surface area contributed by atoms with Gasteiger partial charge >= 0.3 is 0 Å². The van der Waals surface area contributed by atoms with Gasteiger partial charge in [-0.2, -0.15) is 0 Å². The smallest absolute Gasteiger partial charge is 0.276 e. The molecule has 0 radical (unpaired) electrons. The Balaban J connectivity index is 2.02. The average Bonchev–Trinajstić information content (AvgIpc) is 3.06. The van der Waals surface area contributed by atoms with Crippen molar-refractivity contribution < 1.29 is 19.2 Å². The molecule has 0 saturated carbocycles. The van der Waals surface area contributed by atoms with Crippen LogP contribution < -0.4 is 14.8 Å². The molecule has 8 heteroatoms. The van der Waals surface area contributed by atoms with Crippen LogP contribution in [0, 0.1) is 10.1 Å². The van der Waals surface area contributed by atoms with Gasteiger partial charge in [0, 0.05) is 17.0 Å². The van der Waals surface area contributed by atoms with Crippen LogP contribution in [-0.2, 0) is 17.6 Å². The molecule has 24 heavy (non-hydrogen) atoms. The molecule has 0 spiro atoms. The standard InChI is InChI=1S/C16H18N2O5S/c1-22-14-8-11(13(18(20)21)10-15(14)23-2)5-6-17-16(19)9-12-4-3-7-24-12/h3-4,7-8,10H,5-6,9H2,1-2H3,(H,17,19). The number of nitrogens with zero attached hydrogens (tertiary/aromatic N) is 1. The zero-order chi connectivity index (χ0) is 17.5. The van der Waals surface area contributed by atoms with E-state index in [4.69, 9.17) is 9.47 Å². The molecular weight excluding hydrogens is 332 g/mol. The fourth-order valence-corrected chi connectivity index (χ4v) is 2.95. The molecule has 0 bridgehead atoms. The van der Waals surface area contributed by atoms with Crippen LogP contribution in [0.1, 0.15) is 10.4 Å². The first kappa shape index (κ1) is 17.7. The summed E-state index contributed by atoms with van der Waals surface area (Å²) in [5, 5.41) is 15.9. The van der Waals surface area contributed by atoms with Crippen LogP contribution >= 0.6 is 11.3 Å². The zero-order valence-corrected chi connectivity index (χ0v) is 14.2. The molecule has 0 atom stereocenters. The van der Waals surface area contributed by atoms with Crippen molar-refractivity contribution in [1.82, 2.24) is 5.32 Å². The van der Waals surface area contributed by atoms with Crippen molar-refractivity contribution in [2.75, 3.05) is 20.8 Å². The number of amides is 1. The Morgan fingerprint density at radius 2 is 2.00 bits per heavy atom. The molecule has 0 aliphatic heterocycles. The van der Waals surface area contributed by atoms with Gasteiger partial charge in [0.2, 0.25) is 5.91 Å². The third-order valence-electron chi connectivity index (χ3n) is 3.41. The fraction of sp³-hybridized carbons (Fsp3) is 0.312. The van der Waals surface area contributed by atoms with Crippen LogP contribution in [0.15, 0.2) is 29.6 Å². The predicted molar refractivity (Wildman–Crippen MR) is 90.9 cm³/mol. The van der Waals surface area contributed by atoms with E-state index in [-0.39, 0.29) is 11.6 Å². The summed E-state index contributed by atoms with van der Waals surface area (Å²) in [6.45, 7) is 0.306. The Labute approximate surface area is 143 Å². The van der Waals surface area contributed by atoms with Crippen molar-refractivity contribution in [3.8, 4) is 11.5 Å². The van der Waals surface area contributed by atoms with Gasteiger partial charge in [0.1, 0.15) is 0 Å². The first-order valence-corrected chi connectivity index (χ1v) is 8.11. The summed E-state index contributed by atoms with van der Waals surface area (Å²) < 4.78 is 10.3. The Bertz CT molecular complexity index is 716. The SMILES string of the molecule is COc1cc(CCNC(=O)Cc2cccs2)c([N+](=O)[O-])cc1OC. The highest BCUT2D eigenvalue weighted by Crippen LogP contribution is 2.34. The normalized spacial score (nSPS) is 10.2. The maximum absolute atomic E-state index is 11.9. The molecule has 1 amide bonds. The molecule has 0 unspecified atom stereocenters. The van der Waals surface area contributed by atoms with Gasteiger partial charge in [-0.3, -0.25) is 14.9 Å². The van der Waals surface area contributed by atoms with E-state index in [2.05, 4.69) is 5.32 Å². The minimum absolute atomic E-state index is 0.0554.